The molecule has 0 N–H and O–H groups in total. The van der Waals surface area contributed by atoms with Crippen molar-refractivity contribution >= 4 is 28.6 Å². The first-order valence-corrected chi connectivity index (χ1v) is 5.27. The molecule has 1 aliphatic heterocycles. The minimum Gasteiger partial charge on any atom is -0.461 e. The van der Waals surface area contributed by atoms with Crippen LogP contribution in [0.15, 0.2) is 0 Å². The predicted octanol–water partition coefficient (Wildman–Crippen LogP) is 1.76. The van der Waals surface area contributed by atoms with E-state index >= 15 is 0 Å². The van der Waals surface area contributed by atoms with Crippen molar-refractivity contribution in [2.45, 2.75) is 29.8 Å². The van der Waals surface area contributed by atoms with Gasteiger partial charge in [-0.15, -0.1) is 0 Å². The maximum Gasteiger partial charge on any atom is 0.309 e. The molecule has 4 atom stereocenters. The van der Waals surface area contributed by atoms with Gasteiger partial charge >= 0.3 is 5.97 Å². The molecule has 1 saturated heterocycles. The molecule has 4 unspecified atom stereocenters. The highest BCUT2D eigenvalue weighted by Gasteiger charge is 2.45. The van der Waals surface area contributed by atoms with E-state index in [1.165, 1.54) is 0 Å². The Morgan fingerprint density at radius 1 is 1.55 bits per heavy atom. The third-order valence-electron chi connectivity index (χ3n) is 2.74. The van der Waals surface area contributed by atoms with Gasteiger partial charge in [-0.05, 0) is 18.8 Å². The van der Waals surface area contributed by atoms with Gasteiger partial charge in [0.15, 0.2) is 0 Å². The van der Waals surface area contributed by atoms with Crippen molar-refractivity contribution in [3.05, 3.63) is 0 Å². The monoisotopic (exact) mass is 266 g/mol. The second kappa shape index (κ2) is 2.61. The quantitative estimate of drug-likeness (QED) is 0.379. The fraction of sp³-hybridized carbons (Fsp3) is 0.875. The molecule has 0 radical (unpaired) electrons. The first-order chi connectivity index (χ1) is 5.18. The van der Waals surface area contributed by atoms with Crippen molar-refractivity contribution in [2.24, 2.45) is 11.8 Å². The molecule has 0 amide bonds. The van der Waals surface area contributed by atoms with E-state index in [0.717, 1.165) is 12.8 Å². The Bertz CT molecular complexity index is 193. The molecular formula is C8H11IO2. The molecule has 2 aliphatic rings. The number of fused-ring (bicyclic) bond motifs is 2. The average Bonchev–Trinajstić information content (AvgIpc) is 2.26. The van der Waals surface area contributed by atoms with Crippen LogP contribution in [0.1, 0.15) is 19.8 Å². The van der Waals surface area contributed by atoms with Gasteiger partial charge < -0.3 is 4.74 Å². The van der Waals surface area contributed by atoms with Gasteiger partial charge in [0, 0.05) is 3.92 Å². The summed E-state index contributed by atoms with van der Waals surface area (Å²) in [7, 11) is 0. The van der Waals surface area contributed by atoms with E-state index in [0.29, 0.717) is 9.84 Å². The maximum absolute atomic E-state index is 11.2. The third-order valence-corrected chi connectivity index (χ3v) is 4.05. The Kier molecular flexibility index (Phi) is 1.85. The lowest BCUT2D eigenvalue weighted by molar-refractivity contribution is -0.143. The van der Waals surface area contributed by atoms with Gasteiger partial charge in [0.2, 0.25) is 0 Å². The maximum atomic E-state index is 11.2. The zero-order valence-corrected chi connectivity index (χ0v) is 8.58. The first-order valence-electron chi connectivity index (χ1n) is 4.03. The second-order valence-corrected chi connectivity index (χ2v) is 5.15. The zero-order chi connectivity index (χ0) is 8.01. The number of rotatable bonds is 0. The van der Waals surface area contributed by atoms with Crippen molar-refractivity contribution in [1.29, 1.82) is 0 Å². The van der Waals surface area contributed by atoms with E-state index in [-0.39, 0.29) is 18.0 Å². The topological polar surface area (TPSA) is 26.3 Å². The Morgan fingerprint density at radius 2 is 2.27 bits per heavy atom. The fourth-order valence-electron chi connectivity index (χ4n) is 1.99. The molecule has 1 aliphatic carbocycles. The first kappa shape index (κ1) is 7.83. The number of halogens is 1. The van der Waals surface area contributed by atoms with Gasteiger partial charge in [-0.25, -0.2) is 0 Å². The largest absolute Gasteiger partial charge is 0.461 e. The molecule has 3 heteroatoms. The summed E-state index contributed by atoms with van der Waals surface area (Å²) >= 11 is 2.39. The van der Waals surface area contributed by atoms with Gasteiger partial charge in [0.1, 0.15) is 6.10 Å². The molecule has 0 aromatic heterocycles. The van der Waals surface area contributed by atoms with E-state index in [9.17, 15) is 4.79 Å². The van der Waals surface area contributed by atoms with Crippen LogP contribution in [0.4, 0.5) is 0 Å². The Hall–Kier alpha value is 0.200. The lowest BCUT2D eigenvalue weighted by atomic mass is 9.81. The standard InChI is InChI=1S/C8H11IO2/c1-4-2-6(9)7-3-5(4)8(10)11-7/h4-7H,2-3H2,1H3. The van der Waals surface area contributed by atoms with Crippen LogP contribution in [-0.4, -0.2) is 16.0 Å². The summed E-state index contributed by atoms with van der Waals surface area (Å²) in [5.74, 6) is 0.788. The molecule has 2 fully saturated rings. The molecule has 1 heterocycles. The molecular weight excluding hydrogens is 255 g/mol. The van der Waals surface area contributed by atoms with Crippen LogP contribution in [-0.2, 0) is 9.53 Å². The molecule has 62 valence electrons. The molecule has 2 rings (SSSR count). The van der Waals surface area contributed by atoms with Crippen molar-refractivity contribution in [2.75, 3.05) is 0 Å². The lowest BCUT2D eigenvalue weighted by Crippen LogP contribution is -2.28. The minimum absolute atomic E-state index is 0.0432. The Balaban J connectivity index is 2.20. The molecule has 0 aromatic rings. The van der Waals surface area contributed by atoms with Gasteiger partial charge in [0.25, 0.3) is 0 Å². The van der Waals surface area contributed by atoms with Crippen LogP contribution in [0.2, 0.25) is 0 Å². The summed E-state index contributed by atoms with van der Waals surface area (Å²) in [6.45, 7) is 2.15. The molecule has 11 heavy (non-hydrogen) atoms. The summed E-state index contributed by atoms with van der Waals surface area (Å²) in [4.78, 5) is 11.2. The van der Waals surface area contributed by atoms with Crippen molar-refractivity contribution in [1.82, 2.24) is 0 Å². The van der Waals surface area contributed by atoms with Crippen LogP contribution < -0.4 is 0 Å². The molecule has 1 saturated carbocycles. The van der Waals surface area contributed by atoms with Crippen LogP contribution >= 0.6 is 22.6 Å². The Labute approximate surface area is 79.8 Å². The summed E-state index contributed by atoms with van der Waals surface area (Å²) in [6, 6.07) is 0. The normalized spacial score (nSPS) is 49.1. The van der Waals surface area contributed by atoms with E-state index in [2.05, 4.69) is 29.5 Å². The summed E-state index contributed by atoms with van der Waals surface area (Å²) in [6.07, 6.45) is 2.33. The highest BCUT2D eigenvalue weighted by atomic mass is 127. The van der Waals surface area contributed by atoms with E-state index < -0.39 is 0 Å². The molecule has 0 aromatic carbocycles. The number of ether oxygens (including phenoxy) is 1. The number of hydrogen-bond donors (Lipinski definition) is 0. The third kappa shape index (κ3) is 1.17. The molecule has 0 spiro atoms. The SMILES string of the molecule is CC1CC(I)C2CC1C(=O)O2. The van der Waals surface area contributed by atoms with Crippen LogP contribution in [0.5, 0.6) is 0 Å². The van der Waals surface area contributed by atoms with Gasteiger partial charge in [-0.2, -0.15) is 0 Å². The highest BCUT2D eigenvalue weighted by Crippen LogP contribution is 2.41. The van der Waals surface area contributed by atoms with Gasteiger partial charge in [0.05, 0.1) is 5.92 Å². The average molecular weight is 266 g/mol. The van der Waals surface area contributed by atoms with E-state index in [4.69, 9.17) is 4.74 Å². The predicted molar refractivity (Wildman–Crippen MR) is 49.6 cm³/mol. The number of carbonyl (C=O) groups excluding carboxylic acids is 1. The van der Waals surface area contributed by atoms with Gasteiger partial charge in [-0.1, -0.05) is 29.5 Å². The van der Waals surface area contributed by atoms with Gasteiger partial charge in [-0.3, -0.25) is 4.79 Å². The summed E-state index contributed by atoms with van der Waals surface area (Å²) in [5.41, 5.74) is 0. The second-order valence-electron chi connectivity index (χ2n) is 3.55. The van der Waals surface area contributed by atoms with Crippen molar-refractivity contribution in [3.63, 3.8) is 0 Å². The smallest absolute Gasteiger partial charge is 0.309 e. The summed E-state index contributed by atoms with van der Waals surface area (Å²) in [5, 5.41) is 0. The fourth-order valence-corrected chi connectivity index (χ4v) is 3.23. The van der Waals surface area contributed by atoms with E-state index in [1.54, 1.807) is 0 Å². The number of esters is 1. The Morgan fingerprint density at radius 3 is 3.00 bits per heavy atom. The molecule has 2 bridgehead atoms. The van der Waals surface area contributed by atoms with Crippen LogP contribution in [0, 0.1) is 11.8 Å². The molecule has 2 nitrogen and oxygen atoms in total. The van der Waals surface area contributed by atoms with Crippen molar-refractivity contribution in [3.8, 4) is 0 Å². The number of hydrogen-bond acceptors (Lipinski definition) is 2. The van der Waals surface area contributed by atoms with E-state index in [1.807, 2.05) is 0 Å². The highest BCUT2D eigenvalue weighted by molar-refractivity contribution is 14.1. The zero-order valence-electron chi connectivity index (χ0n) is 6.42. The minimum atomic E-state index is 0.0432. The lowest BCUT2D eigenvalue weighted by Gasteiger charge is -2.25. The number of carbonyl (C=O) groups is 1. The van der Waals surface area contributed by atoms with Crippen LogP contribution in [0.25, 0.3) is 0 Å². The van der Waals surface area contributed by atoms with Crippen molar-refractivity contribution < 1.29 is 9.53 Å². The summed E-state index contributed by atoms with van der Waals surface area (Å²) < 4.78 is 5.77. The van der Waals surface area contributed by atoms with Crippen LogP contribution in [0.3, 0.4) is 0 Å². The number of alkyl halides is 1.